The highest BCUT2D eigenvalue weighted by Gasteiger charge is 2.19. The lowest BCUT2D eigenvalue weighted by Gasteiger charge is -2.10. The third-order valence-corrected chi connectivity index (χ3v) is 5.20. The lowest BCUT2D eigenvalue weighted by atomic mass is 10.1. The summed E-state index contributed by atoms with van der Waals surface area (Å²) in [5.74, 6) is 1.50. The predicted molar refractivity (Wildman–Crippen MR) is 120 cm³/mol. The molecule has 0 radical (unpaired) electrons. The van der Waals surface area contributed by atoms with Crippen LogP contribution >= 0.6 is 0 Å². The topological polar surface area (TPSA) is 91.4 Å². The third kappa shape index (κ3) is 4.20. The molecule has 0 saturated carbocycles. The van der Waals surface area contributed by atoms with Gasteiger partial charge in [-0.2, -0.15) is 5.10 Å². The summed E-state index contributed by atoms with van der Waals surface area (Å²) < 4.78 is 17.9. The Bertz CT molecular complexity index is 1240. The van der Waals surface area contributed by atoms with Crippen molar-refractivity contribution < 1.29 is 18.8 Å². The molecule has 0 aliphatic carbocycles. The first kappa shape index (κ1) is 21.2. The van der Waals surface area contributed by atoms with Crippen LogP contribution in [0, 0.1) is 13.8 Å². The number of carbonyl (C=O) groups excluding carboxylic acids is 1. The number of benzene rings is 2. The van der Waals surface area contributed by atoms with E-state index in [2.05, 4.69) is 15.6 Å². The van der Waals surface area contributed by atoms with E-state index in [0.29, 0.717) is 35.2 Å². The molecule has 1 amide bonds. The first-order valence-corrected chi connectivity index (χ1v) is 10.1. The maximum absolute atomic E-state index is 12.8. The number of rotatable bonds is 7. The van der Waals surface area contributed by atoms with Crippen molar-refractivity contribution in [1.82, 2.24) is 14.9 Å². The average Bonchev–Trinajstić information content (AvgIpc) is 3.41. The Hall–Kier alpha value is -4.07. The van der Waals surface area contributed by atoms with Gasteiger partial charge in [0.05, 0.1) is 37.8 Å². The highest BCUT2D eigenvalue weighted by atomic mass is 16.5. The fourth-order valence-corrected chi connectivity index (χ4v) is 3.48. The summed E-state index contributed by atoms with van der Waals surface area (Å²) in [7, 11) is 3.21. The van der Waals surface area contributed by atoms with Crippen LogP contribution in [0.3, 0.4) is 0 Å². The molecular weight excluding hydrogens is 408 g/mol. The molecule has 4 rings (SSSR count). The number of aryl methyl sites for hydroxylation is 1. The van der Waals surface area contributed by atoms with Gasteiger partial charge in [-0.3, -0.25) is 9.48 Å². The molecule has 0 bridgehead atoms. The Balaban J connectivity index is 1.52. The Morgan fingerprint density at radius 2 is 1.78 bits per heavy atom. The number of carbonyl (C=O) groups is 1. The molecule has 0 aliphatic rings. The molecule has 0 aliphatic heterocycles. The van der Waals surface area contributed by atoms with Gasteiger partial charge in [0.2, 0.25) is 0 Å². The summed E-state index contributed by atoms with van der Waals surface area (Å²) >= 11 is 0. The van der Waals surface area contributed by atoms with Gasteiger partial charge in [-0.25, -0.2) is 0 Å². The number of anilines is 1. The number of amides is 1. The van der Waals surface area contributed by atoms with Crippen molar-refractivity contribution in [3.8, 4) is 22.8 Å². The van der Waals surface area contributed by atoms with Gasteiger partial charge in [0, 0.05) is 11.6 Å². The normalized spacial score (nSPS) is 10.8. The summed E-state index contributed by atoms with van der Waals surface area (Å²) in [6.45, 7) is 4.28. The molecule has 8 nitrogen and oxygen atoms in total. The Kier molecular flexibility index (Phi) is 5.93. The second kappa shape index (κ2) is 8.97. The van der Waals surface area contributed by atoms with Gasteiger partial charge in [0.1, 0.15) is 0 Å². The van der Waals surface area contributed by atoms with Gasteiger partial charge in [-0.1, -0.05) is 41.6 Å². The van der Waals surface area contributed by atoms with E-state index in [1.54, 1.807) is 20.3 Å². The number of hydrogen-bond acceptors (Lipinski definition) is 6. The maximum atomic E-state index is 12.8. The highest BCUT2D eigenvalue weighted by Crippen LogP contribution is 2.29. The molecule has 2 aromatic heterocycles. The zero-order valence-electron chi connectivity index (χ0n) is 18.4. The van der Waals surface area contributed by atoms with E-state index in [9.17, 15) is 4.79 Å². The first-order chi connectivity index (χ1) is 15.5. The molecule has 8 heteroatoms. The largest absolute Gasteiger partial charge is 0.493 e. The maximum Gasteiger partial charge on any atom is 0.277 e. The Morgan fingerprint density at radius 3 is 2.50 bits per heavy atom. The van der Waals surface area contributed by atoms with E-state index in [0.717, 1.165) is 16.8 Å². The standard InChI is InChI=1S/C24H24N4O4/c1-15-23(25-24(29)19-13-21(32-27-19)18-8-6-5-7-9-18)16(2)28(26-15)14-17-10-11-20(30-3)22(12-17)31-4/h5-13H,14H2,1-4H3,(H,25,29). The van der Waals surface area contributed by atoms with Gasteiger partial charge < -0.3 is 19.3 Å². The number of nitrogens with one attached hydrogen (secondary N) is 1. The van der Waals surface area contributed by atoms with Crippen LogP contribution in [0.4, 0.5) is 5.69 Å². The SMILES string of the molecule is COc1ccc(Cn2nc(C)c(NC(=O)c3cc(-c4ccccc4)on3)c2C)cc1OC. The van der Waals surface area contributed by atoms with Crippen molar-refractivity contribution in [2.75, 3.05) is 19.5 Å². The number of hydrogen-bond donors (Lipinski definition) is 1. The average molecular weight is 432 g/mol. The second-order valence-electron chi connectivity index (χ2n) is 7.29. The van der Waals surface area contributed by atoms with Crippen LogP contribution in [0.2, 0.25) is 0 Å². The number of ether oxygens (including phenoxy) is 2. The van der Waals surface area contributed by atoms with Crippen LogP contribution in [0.5, 0.6) is 11.5 Å². The molecule has 0 atom stereocenters. The van der Waals surface area contributed by atoms with Gasteiger partial charge >= 0.3 is 0 Å². The van der Waals surface area contributed by atoms with E-state index in [-0.39, 0.29) is 11.6 Å². The fraction of sp³-hybridized carbons (Fsp3) is 0.208. The number of methoxy groups -OCH3 is 2. The van der Waals surface area contributed by atoms with Gasteiger partial charge in [-0.05, 0) is 31.5 Å². The van der Waals surface area contributed by atoms with Crippen molar-refractivity contribution >= 4 is 11.6 Å². The van der Waals surface area contributed by atoms with Gasteiger partial charge in [-0.15, -0.1) is 0 Å². The molecule has 4 aromatic rings. The molecule has 1 N–H and O–H groups in total. The smallest absolute Gasteiger partial charge is 0.277 e. The second-order valence-corrected chi connectivity index (χ2v) is 7.29. The zero-order chi connectivity index (χ0) is 22.7. The predicted octanol–water partition coefficient (Wildman–Crippen LogP) is 4.47. The Morgan fingerprint density at radius 1 is 1.03 bits per heavy atom. The van der Waals surface area contributed by atoms with E-state index in [1.165, 1.54) is 0 Å². The van der Waals surface area contributed by atoms with Crippen LogP contribution in [-0.4, -0.2) is 35.1 Å². The molecule has 164 valence electrons. The Labute approximate surface area is 185 Å². The van der Waals surface area contributed by atoms with Crippen LogP contribution in [-0.2, 0) is 6.54 Å². The molecule has 0 fully saturated rings. The van der Waals surface area contributed by atoms with Gasteiger partial charge in [0.15, 0.2) is 23.0 Å². The molecule has 2 heterocycles. The summed E-state index contributed by atoms with van der Waals surface area (Å²) in [6.07, 6.45) is 0. The lowest BCUT2D eigenvalue weighted by molar-refractivity contribution is 0.101. The molecular formula is C24H24N4O4. The minimum absolute atomic E-state index is 0.204. The van der Waals surface area contributed by atoms with Crippen LogP contribution in [0.25, 0.3) is 11.3 Å². The quantitative estimate of drug-likeness (QED) is 0.463. The van der Waals surface area contributed by atoms with Crippen molar-refractivity contribution in [3.63, 3.8) is 0 Å². The third-order valence-electron chi connectivity index (χ3n) is 5.20. The molecule has 2 aromatic carbocycles. The highest BCUT2D eigenvalue weighted by molar-refractivity contribution is 6.03. The van der Waals surface area contributed by atoms with Crippen molar-refractivity contribution in [3.05, 3.63) is 77.2 Å². The van der Waals surface area contributed by atoms with Gasteiger partial charge in [0.25, 0.3) is 5.91 Å². The lowest BCUT2D eigenvalue weighted by Crippen LogP contribution is -2.13. The number of aromatic nitrogens is 3. The van der Waals surface area contributed by atoms with Crippen molar-refractivity contribution in [2.24, 2.45) is 0 Å². The van der Waals surface area contributed by atoms with E-state index in [1.807, 2.05) is 67.1 Å². The summed E-state index contributed by atoms with van der Waals surface area (Å²) in [5.41, 5.74) is 4.25. The minimum Gasteiger partial charge on any atom is -0.493 e. The zero-order valence-corrected chi connectivity index (χ0v) is 18.4. The molecule has 0 saturated heterocycles. The summed E-state index contributed by atoms with van der Waals surface area (Å²) in [4.78, 5) is 12.8. The monoisotopic (exact) mass is 432 g/mol. The van der Waals surface area contributed by atoms with Crippen molar-refractivity contribution in [1.29, 1.82) is 0 Å². The van der Waals surface area contributed by atoms with Crippen LogP contribution in [0.15, 0.2) is 59.1 Å². The molecule has 0 unspecified atom stereocenters. The fourth-order valence-electron chi connectivity index (χ4n) is 3.48. The van der Waals surface area contributed by atoms with E-state index >= 15 is 0 Å². The summed E-state index contributed by atoms with van der Waals surface area (Å²) in [6, 6.07) is 16.9. The van der Waals surface area contributed by atoms with E-state index < -0.39 is 0 Å². The van der Waals surface area contributed by atoms with Crippen molar-refractivity contribution in [2.45, 2.75) is 20.4 Å². The molecule has 0 spiro atoms. The van der Waals surface area contributed by atoms with Crippen LogP contribution in [0.1, 0.15) is 27.4 Å². The van der Waals surface area contributed by atoms with E-state index in [4.69, 9.17) is 14.0 Å². The first-order valence-electron chi connectivity index (χ1n) is 10.1. The molecule has 32 heavy (non-hydrogen) atoms. The van der Waals surface area contributed by atoms with Crippen LogP contribution < -0.4 is 14.8 Å². The summed E-state index contributed by atoms with van der Waals surface area (Å²) in [5, 5.41) is 11.4. The minimum atomic E-state index is -0.354. The number of nitrogens with zero attached hydrogens (tertiary/aromatic N) is 3.